The van der Waals surface area contributed by atoms with Gasteiger partial charge in [0.2, 0.25) is 11.7 Å². The largest absolute Gasteiger partial charge is 0.339 e. The number of aromatic nitrogens is 2. The van der Waals surface area contributed by atoms with Crippen molar-refractivity contribution in [1.82, 2.24) is 15.0 Å². The van der Waals surface area contributed by atoms with Crippen LogP contribution in [0.2, 0.25) is 5.02 Å². The Morgan fingerprint density at radius 2 is 2.18 bits per heavy atom. The summed E-state index contributed by atoms with van der Waals surface area (Å²) in [6.07, 6.45) is 0.135. The summed E-state index contributed by atoms with van der Waals surface area (Å²) >= 11 is 5.93. The Hall–Kier alpha value is -1.53. The van der Waals surface area contributed by atoms with E-state index in [1.54, 1.807) is 17.0 Å². The lowest BCUT2D eigenvalue weighted by Crippen LogP contribution is -2.33. The molecule has 0 N–H and O–H groups in total. The summed E-state index contributed by atoms with van der Waals surface area (Å²) in [6.45, 7) is 0.312. The fraction of sp³-hybridized carbons (Fsp3) is 0.467. The molecule has 4 nitrogen and oxygen atoms in total. The molecule has 0 saturated heterocycles. The molecular formula is C15H16ClF2N3O. The van der Waals surface area contributed by atoms with Crippen molar-refractivity contribution in [3.8, 4) is 11.4 Å². The van der Waals surface area contributed by atoms with Gasteiger partial charge in [-0.2, -0.15) is 4.98 Å². The summed E-state index contributed by atoms with van der Waals surface area (Å²) < 4.78 is 30.3. The normalized spacial score (nSPS) is 15.0. The number of rotatable bonds is 7. The van der Waals surface area contributed by atoms with Gasteiger partial charge in [0, 0.05) is 29.6 Å². The van der Waals surface area contributed by atoms with E-state index in [1.807, 2.05) is 12.1 Å². The van der Waals surface area contributed by atoms with E-state index in [0.717, 1.165) is 18.4 Å². The maximum absolute atomic E-state index is 12.6. The van der Waals surface area contributed by atoms with E-state index in [4.69, 9.17) is 16.1 Å². The van der Waals surface area contributed by atoms with Crippen LogP contribution in [-0.2, 0) is 6.42 Å². The molecule has 1 aliphatic carbocycles. The number of hydrogen-bond acceptors (Lipinski definition) is 4. The highest BCUT2D eigenvalue weighted by Gasteiger charge is 2.30. The maximum atomic E-state index is 12.6. The number of hydrogen-bond donors (Lipinski definition) is 0. The van der Waals surface area contributed by atoms with E-state index in [1.165, 1.54) is 0 Å². The lowest BCUT2D eigenvalue weighted by molar-refractivity contribution is 0.0836. The van der Waals surface area contributed by atoms with E-state index < -0.39 is 6.43 Å². The zero-order chi connectivity index (χ0) is 15.5. The molecule has 1 saturated carbocycles. The molecule has 0 atom stereocenters. The summed E-state index contributed by atoms with van der Waals surface area (Å²) in [7, 11) is 0. The molecule has 22 heavy (non-hydrogen) atoms. The number of halogens is 3. The van der Waals surface area contributed by atoms with E-state index in [2.05, 4.69) is 10.1 Å². The molecule has 1 heterocycles. The summed E-state index contributed by atoms with van der Waals surface area (Å²) in [6, 6.07) is 7.45. The van der Waals surface area contributed by atoms with Gasteiger partial charge in [0.15, 0.2) is 0 Å². The van der Waals surface area contributed by atoms with Crippen LogP contribution < -0.4 is 0 Å². The van der Waals surface area contributed by atoms with Crippen LogP contribution in [-0.4, -0.2) is 40.6 Å². The molecule has 0 radical (unpaired) electrons. The molecule has 2 aromatic rings. The molecule has 1 aromatic heterocycles. The van der Waals surface area contributed by atoms with Crippen molar-refractivity contribution in [2.75, 3.05) is 13.1 Å². The molecule has 0 spiro atoms. The summed E-state index contributed by atoms with van der Waals surface area (Å²) in [4.78, 5) is 6.10. The van der Waals surface area contributed by atoms with E-state index in [0.29, 0.717) is 29.7 Å². The zero-order valence-corrected chi connectivity index (χ0v) is 12.6. The zero-order valence-electron chi connectivity index (χ0n) is 11.9. The van der Waals surface area contributed by atoms with Crippen LogP contribution in [0.25, 0.3) is 11.4 Å². The van der Waals surface area contributed by atoms with Crippen LogP contribution in [0.5, 0.6) is 0 Å². The van der Waals surface area contributed by atoms with Gasteiger partial charge in [-0.1, -0.05) is 28.9 Å². The average Bonchev–Trinajstić information content (AvgIpc) is 3.21. The highest BCUT2D eigenvalue weighted by atomic mass is 35.5. The molecule has 0 amide bonds. The quantitative estimate of drug-likeness (QED) is 0.778. The van der Waals surface area contributed by atoms with Crippen molar-refractivity contribution < 1.29 is 13.3 Å². The Morgan fingerprint density at radius 1 is 1.36 bits per heavy atom. The fourth-order valence-corrected chi connectivity index (χ4v) is 2.57. The average molecular weight is 328 g/mol. The number of benzene rings is 1. The van der Waals surface area contributed by atoms with Gasteiger partial charge in [-0.05, 0) is 25.0 Å². The minimum Gasteiger partial charge on any atom is -0.339 e. The first-order chi connectivity index (χ1) is 10.6. The first-order valence-electron chi connectivity index (χ1n) is 7.22. The van der Waals surface area contributed by atoms with Crippen molar-refractivity contribution >= 4 is 11.6 Å². The van der Waals surface area contributed by atoms with Gasteiger partial charge in [-0.3, -0.25) is 4.90 Å². The van der Waals surface area contributed by atoms with Crippen molar-refractivity contribution in [3.63, 3.8) is 0 Å². The van der Waals surface area contributed by atoms with Gasteiger partial charge in [-0.15, -0.1) is 0 Å². The van der Waals surface area contributed by atoms with Gasteiger partial charge >= 0.3 is 0 Å². The Bertz CT molecular complexity index is 631. The Labute approximate surface area is 132 Å². The molecule has 0 unspecified atom stereocenters. The lowest BCUT2D eigenvalue weighted by Gasteiger charge is -2.20. The predicted octanol–water partition coefficient (Wildman–Crippen LogP) is 3.66. The standard InChI is InChI=1S/C15H16ClF2N3O/c16-11-3-1-2-10(8-11)15-19-14(22-20-15)6-7-21(9-13(17)18)12-4-5-12/h1-3,8,12-13H,4-7,9H2. The van der Waals surface area contributed by atoms with Gasteiger partial charge in [-0.25, -0.2) is 8.78 Å². The molecule has 118 valence electrons. The molecule has 0 bridgehead atoms. The van der Waals surface area contributed by atoms with Gasteiger partial charge in [0.25, 0.3) is 6.43 Å². The van der Waals surface area contributed by atoms with Crippen LogP contribution in [0.1, 0.15) is 18.7 Å². The topological polar surface area (TPSA) is 42.2 Å². The van der Waals surface area contributed by atoms with Crippen molar-refractivity contribution in [1.29, 1.82) is 0 Å². The second kappa shape index (κ2) is 6.71. The Balaban J connectivity index is 1.61. The Kier molecular flexibility index (Phi) is 4.69. The minimum absolute atomic E-state index is 0.194. The Morgan fingerprint density at radius 3 is 2.86 bits per heavy atom. The molecular weight excluding hydrogens is 312 g/mol. The van der Waals surface area contributed by atoms with E-state index in [9.17, 15) is 8.78 Å². The van der Waals surface area contributed by atoms with Gasteiger partial charge < -0.3 is 4.52 Å². The molecule has 1 aromatic carbocycles. The third kappa shape index (κ3) is 4.01. The molecule has 1 aliphatic rings. The number of alkyl halides is 2. The third-order valence-electron chi connectivity index (χ3n) is 3.60. The monoisotopic (exact) mass is 327 g/mol. The minimum atomic E-state index is -2.31. The van der Waals surface area contributed by atoms with Gasteiger partial charge in [0.05, 0.1) is 6.54 Å². The van der Waals surface area contributed by atoms with Crippen LogP contribution in [0.15, 0.2) is 28.8 Å². The molecule has 3 rings (SSSR count). The first-order valence-corrected chi connectivity index (χ1v) is 7.60. The van der Waals surface area contributed by atoms with E-state index in [-0.39, 0.29) is 12.6 Å². The SMILES string of the molecule is FC(F)CN(CCc1nc(-c2cccc(Cl)c2)no1)C1CC1. The summed E-state index contributed by atoms with van der Waals surface area (Å²) in [5, 5.41) is 4.51. The third-order valence-corrected chi connectivity index (χ3v) is 3.83. The first kappa shape index (κ1) is 15.4. The second-order valence-corrected chi connectivity index (χ2v) is 5.83. The van der Waals surface area contributed by atoms with Crippen LogP contribution >= 0.6 is 11.6 Å². The molecule has 1 fully saturated rings. The number of nitrogens with zero attached hydrogens (tertiary/aromatic N) is 3. The van der Waals surface area contributed by atoms with Crippen LogP contribution in [0, 0.1) is 0 Å². The predicted molar refractivity (Wildman–Crippen MR) is 79.0 cm³/mol. The second-order valence-electron chi connectivity index (χ2n) is 5.39. The highest BCUT2D eigenvalue weighted by Crippen LogP contribution is 2.27. The summed E-state index contributed by atoms with van der Waals surface area (Å²) in [5.41, 5.74) is 0.772. The fourth-order valence-electron chi connectivity index (χ4n) is 2.38. The molecule has 7 heteroatoms. The molecule has 0 aliphatic heterocycles. The van der Waals surface area contributed by atoms with Crippen molar-refractivity contribution in [2.24, 2.45) is 0 Å². The highest BCUT2D eigenvalue weighted by molar-refractivity contribution is 6.30. The van der Waals surface area contributed by atoms with Crippen LogP contribution in [0.3, 0.4) is 0 Å². The lowest BCUT2D eigenvalue weighted by atomic mass is 10.2. The van der Waals surface area contributed by atoms with Crippen molar-refractivity contribution in [2.45, 2.75) is 31.7 Å². The summed E-state index contributed by atoms with van der Waals surface area (Å²) in [5.74, 6) is 0.916. The van der Waals surface area contributed by atoms with Gasteiger partial charge in [0.1, 0.15) is 0 Å². The van der Waals surface area contributed by atoms with E-state index >= 15 is 0 Å². The smallest absolute Gasteiger partial charge is 0.251 e. The van der Waals surface area contributed by atoms with Crippen molar-refractivity contribution in [3.05, 3.63) is 35.2 Å². The van der Waals surface area contributed by atoms with Crippen LogP contribution in [0.4, 0.5) is 8.78 Å². The maximum Gasteiger partial charge on any atom is 0.251 e.